The van der Waals surface area contributed by atoms with Crippen molar-refractivity contribution in [2.75, 3.05) is 24.9 Å². The van der Waals surface area contributed by atoms with E-state index in [-0.39, 0.29) is 11.8 Å². The first-order valence-electron chi connectivity index (χ1n) is 10.4. The van der Waals surface area contributed by atoms with Crippen molar-refractivity contribution in [3.63, 3.8) is 0 Å². The summed E-state index contributed by atoms with van der Waals surface area (Å²) >= 11 is 7.57. The van der Waals surface area contributed by atoms with Gasteiger partial charge in [0.25, 0.3) is 5.91 Å². The Kier molecular flexibility index (Phi) is 8.79. The summed E-state index contributed by atoms with van der Waals surface area (Å²) in [6, 6.07) is 15.7. The van der Waals surface area contributed by atoms with Gasteiger partial charge >= 0.3 is 0 Å². The third-order valence-electron chi connectivity index (χ3n) is 4.87. The van der Waals surface area contributed by atoms with Crippen molar-refractivity contribution in [2.24, 2.45) is 0 Å². The molecule has 0 bridgehead atoms. The number of methoxy groups -OCH3 is 2. The van der Waals surface area contributed by atoms with Crippen LogP contribution < -0.4 is 20.1 Å². The van der Waals surface area contributed by atoms with Gasteiger partial charge in [-0.3, -0.25) is 9.59 Å². The molecule has 0 aliphatic heterocycles. The molecule has 0 radical (unpaired) electrons. The molecule has 2 N–H and O–H groups in total. The fourth-order valence-corrected chi connectivity index (χ4v) is 4.36. The van der Waals surface area contributed by atoms with Crippen molar-refractivity contribution < 1.29 is 23.5 Å². The number of carbonyl (C=O) groups excluding carboxylic acids is 2. The molecule has 0 aliphatic carbocycles. The normalized spacial score (nSPS) is 11.4. The van der Waals surface area contributed by atoms with Crippen LogP contribution in [0.3, 0.4) is 0 Å². The molecule has 3 aromatic rings. The number of thioether (sulfide) groups is 1. The summed E-state index contributed by atoms with van der Waals surface area (Å²) in [5.41, 5.74) is 1.35. The Balaban J connectivity index is 1.70. The summed E-state index contributed by atoms with van der Waals surface area (Å²) in [6.07, 6.45) is 0.564. The highest BCUT2D eigenvalue weighted by atomic mass is 35.5. The second-order valence-corrected chi connectivity index (χ2v) is 8.86. The monoisotopic (exact) mass is 502 g/mol. The van der Waals surface area contributed by atoms with E-state index in [4.69, 9.17) is 21.1 Å². The van der Waals surface area contributed by atoms with E-state index in [2.05, 4.69) is 10.6 Å². The Labute approximate surface area is 206 Å². The lowest BCUT2D eigenvalue weighted by Crippen LogP contribution is -2.24. The van der Waals surface area contributed by atoms with Gasteiger partial charge in [-0.15, -0.1) is 11.8 Å². The molecule has 0 saturated heterocycles. The number of ether oxygens (including phenoxy) is 2. The Bertz CT molecular complexity index is 1170. The van der Waals surface area contributed by atoms with Gasteiger partial charge in [-0.05, 0) is 55.0 Å². The largest absolute Gasteiger partial charge is 0.495 e. The van der Waals surface area contributed by atoms with Gasteiger partial charge in [-0.2, -0.15) is 0 Å². The lowest BCUT2D eigenvalue weighted by Gasteiger charge is -2.18. The van der Waals surface area contributed by atoms with Crippen molar-refractivity contribution >= 4 is 46.6 Å². The fourth-order valence-electron chi connectivity index (χ4n) is 3.11. The predicted octanol–water partition coefficient (Wildman–Crippen LogP) is 6.26. The van der Waals surface area contributed by atoms with Gasteiger partial charge in [-0.25, -0.2) is 4.39 Å². The van der Waals surface area contributed by atoms with E-state index < -0.39 is 11.1 Å². The maximum atomic E-state index is 13.1. The van der Waals surface area contributed by atoms with Crippen LogP contribution in [-0.4, -0.2) is 31.3 Å². The van der Waals surface area contributed by atoms with Crippen LogP contribution in [0.4, 0.5) is 15.8 Å². The number of nitrogens with one attached hydrogen (secondary N) is 2. The van der Waals surface area contributed by atoms with Gasteiger partial charge in [0.2, 0.25) is 5.91 Å². The van der Waals surface area contributed by atoms with E-state index in [9.17, 15) is 14.0 Å². The van der Waals surface area contributed by atoms with Gasteiger partial charge in [-0.1, -0.05) is 24.6 Å². The quantitative estimate of drug-likeness (QED) is 0.338. The Morgan fingerprint density at radius 3 is 2.35 bits per heavy atom. The Hall–Kier alpha value is -3.23. The zero-order chi connectivity index (χ0) is 24.7. The van der Waals surface area contributed by atoms with Gasteiger partial charge in [0, 0.05) is 22.2 Å². The van der Waals surface area contributed by atoms with E-state index in [0.29, 0.717) is 39.9 Å². The smallest absolute Gasteiger partial charge is 0.255 e. The molecular weight excluding hydrogens is 479 g/mol. The topological polar surface area (TPSA) is 76.7 Å². The van der Waals surface area contributed by atoms with E-state index in [1.165, 1.54) is 50.2 Å². The number of carbonyl (C=O) groups is 2. The van der Waals surface area contributed by atoms with Gasteiger partial charge in [0.05, 0.1) is 30.2 Å². The van der Waals surface area contributed by atoms with Crippen molar-refractivity contribution in [3.8, 4) is 11.5 Å². The number of anilines is 2. The number of hydrogen-bond acceptors (Lipinski definition) is 5. The van der Waals surface area contributed by atoms with Crippen LogP contribution in [0.15, 0.2) is 65.6 Å². The molecule has 0 aliphatic rings. The number of halogens is 2. The number of benzene rings is 3. The van der Waals surface area contributed by atoms with Crippen LogP contribution in [0, 0.1) is 5.82 Å². The van der Waals surface area contributed by atoms with Gasteiger partial charge in [0.15, 0.2) is 0 Å². The SMILES string of the molecule is CCC(Sc1cccc(NC(=O)c2ccc(F)cc2)c1)C(=O)Nc1cc(Cl)c(OC)cc1OC. The van der Waals surface area contributed by atoms with Crippen molar-refractivity contribution in [1.29, 1.82) is 0 Å². The molecule has 2 amide bonds. The molecular formula is C25H24ClFN2O4S. The third kappa shape index (κ3) is 6.42. The predicted molar refractivity (Wildman–Crippen MR) is 134 cm³/mol. The highest BCUT2D eigenvalue weighted by Crippen LogP contribution is 2.37. The first-order chi connectivity index (χ1) is 16.3. The first-order valence-corrected chi connectivity index (χ1v) is 11.7. The molecule has 3 aromatic carbocycles. The summed E-state index contributed by atoms with van der Waals surface area (Å²) in [6.45, 7) is 1.91. The molecule has 9 heteroatoms. The number of amides is 2. The first kappa shape index (κ1) is 25.4. The summed E-state index contributed by atoms with van der Waals surface area (Å²) in [5, 5.41) is 5.61. The molecule has 0 spiro atoms. The standard InChI is InChI=1S/C25H24ClFN2O4S/c1-4-23(25(31)29-20-13-19(26)21(32-2)14-22(20)33-3)34-18-7-5-6-17(12-18)28-24(30)15-8-10-16(27)11-9-15/h5-14,23H,4H2,1-3H3,(H,28,30)(H,29,31). The summed E-state index contributed by atoms with van der Waals surface area (Å²) in [4.78, 5) is 26.2. The average Bonchev–Trinajstić information content (AvgIpc) is 2.83. The highest BCUT2D eigenvalue weighted by molar-refractivity contribution is 8.00. The molecule has 0 fully saturated rings. The lowest BCUT2D eigenvalue weighted by atomic mass is 10.2. The molecule has 6 nitrogen and oxygen atoms in total. The van der Waals surface area contributed by atoms with E-state index >= 15 is 0 Å². The van der Waals surface area contributed by atoms with Crippen LogP contribution in [0.1, 0.15) is 23.7 Å². The minimum atomic E-state index is -0.409. The van der Waals surface area contributed by atoms with Crippen LogP contribution in [0.2, 0.25) is 5.02 Å². The van der Waals surface area contributed by atoms with Gasteiger partial charge in [0.1, 0.15) is 17.3 Å². The van der Waals surface area contributed by atoms with Crippen molar-refractivity contribution in [2.45, 2.75) is 23.5 Å². The maximum absolute atomic E-state index is 13.1. The molecule has 0 saturated carbocycles. The molecule has 0 heterocycles. The minimum Gasteiger partial charge on any atom is -0.495 e. The van der Waals surface area contributed by atoms with Crippen LogP contribution in [-0.2, 0) is 4.79 Å². The lowest BCUT2D eigenvalue weighted by molar-refractivity contribution is -0.115. The maximum Gasteiger partial charge on any atom is 0.255 e. The minimum absolute atomic E-state index is 0.215. The highest BCUT2D eigenvalue weighted by Gasteiger charge is 2.21. The van der Waals surface area contributed by atoms with Crippen molar-refractivity contribution in [3.05, 3.63) is 77.1 Å². The summed E-state index contributed by atoms with van der Waals surface area (Å²) in [7, 11) is 3.00. The number of hydrogen-bond donors (Lipinski definition) is 2. The van der Waals surface area contributed by atoms with E-state index in [0.717, 1.165) is 4.90 Å². The summed E-state index contributed by atoms with van der Waals surface area (Å²) in [5.74, 6) is -0.103. The number of rotatable bonds is 9. The van der Waals surface area contributed by atoms with Crippen LogP contribution >= 0.6 is 23.4 Å². The van der Waals surface area contributed by atoms with Crippen molar-refractivity contribution in [1.82, 2.24) is 0 Å². The molecule has 1 unspecified atom stereocenters. The van der Waals surface area contributed by atoms with E-state index in [1.54, 1.807) is 30.3 Å². The fraction of sp³-hybridized carbons (Fsp3) is 0.200. The zero-order valence-electron chi connectivity index (χ0n) is 18.9. The van der Waals surface area contributed by atoms with E-state index in [1.807, 2.05) is 13.0 Å². The molecule has 3 rings (SSSR count). The third-order valence-corrected chi connectivity index (χ3v) is 6.53. The molecule has 1 atom stereocenters. The second-order valence-electron chi connectivity index (χ2n) is 7.18. The molecule has 34 heavy (non-hydrogen) atoms. The van der Waals surface area contributed by atoms with Gasteiger partial charge < -0.3 is 20.1 Å². The van der Waals surface area contributed by atoms with Crippen LogP contribution in [0.5, 0.6) is 11.5 Å². The Morgan fingerprint density at radius 2 is 1.71 bits per heavy atom. The zero-order valence-corrected chi connectivity index (χ0v) is 20.4. The molecule has 178 valence electrons. The second kappa shape index (κ2) is 11.8. The average molecular weight is 503 g/mol. The molecule has 0 aromatic heterocycles. The summed E-state index contributed by atoms with van der Waals surface area (Å²) < 4.78 is 23.6. The Morgan fingerprint density at radius 1 is 1.00 bits per heavy atom. The van der Waals surface area contributed by atoms with Crippen LogP contribution in [0.25, 0.3) is 0 Å².